The average Bonchev–Trinajstić information content (AvgIpc) is 2.49. The first-order valence-corrected chi connectivity index (χ1v) is 8.45. The van der Waals surface area contributed by atoms with E-state index in [4.69, 9.17) is 4.74 Å². The maximum atomic E-state index is 13.7. The van der Waals surface area contributed by atoms with E-state index >= 15 is 0 Å². The molecule has 138 valence electrons. The molecule has 0 aromatic heterocycles. The highest BCUT2D eigenvalue weighted by Crippen LogP contribution is 2.23. The van der Waals surface area contributed by atoms with Gasteiger partial charge in [-0.2, -0.15) is 0 Å². The Morgan fingerprint density at radius 3 is 2.44 bits per heavy atom. The van der Waals surface area contributed by atoms with Crippen molar-refractivity contribution in [2.45, 2.75) is 52.2 Å². The number of carbonyl (C=O) groups is 2. The third-order valence-corrected chi connectivity index (χ3v) is 3.79. The van der Waals surface area contributed by atoms with Crippen LogP contribution in [0.4, 0.5) is 20.6 Å². The van der Waals surface area contributed by atoms with E-state index < -0.39 is 11.4 Å². The first-order valence-electron chi connectivity index (χ1n) is 8.45. The maximum Gasteiger partial charge on any atom is 0.410 e. The number of hydrogen-bond acceptors (Lipinski definition) is 4. The number of anilines is 2. The van der Waals surface area contributed by atoms with E-state index in [0.717, 1.165) is 18.5 Å². The van der Waals surface area contributed by atoms with Crippen LogP contribution in [0.3, 0.4) is 0 Å². The van der Waals surface area contributed by atoms with Gasteiger partial charge in [0.25, 0.3) is 0 Å². The number of rotatable bonds is 3. The van der Waals surface area contributed by atoms with E-state index in [1.54, 1.807) is 17.0 Å². The summed E-state index contributed by atoms with van der Waals surface area (Å²) in [6.07, 6.45) is 1.25. The molecular weight excluding hydrogens is 325 g/mol. The lowest BCUT2D eigenvalue weighted by atomic mass is 10.0. The van der Waals surface area contributed by atoms with E-state index in [9.17, 15) is 14.0 Å². The van der Waals surface area contributed by atoms with Crippen LogP contribution in [-0.4, -0.2) is 41.6 Å². The standard InChI is InChI=1S/C18H26FN3O3/c1-12(23)20-16-11-14(5-6-15(16)19)21-13-7-9-22(10-8-13)17(24)25-18(2,3)4/h5-6,11,13,21H,7-10H2,1-4H3,(H,20,23). The normalized spacial score (nSPS) is 15.6. The summed E-state index contributed by atoms with van der Waals surface area (Å²) in [5, 5.41) is 5.80. The van der Waals surface area contributed by atoms with Gasteiger partial charge in [0, 0.05) is 31.7 Å². The van der Waals surface area contributed by atoms with Gasteiger partial charge in [0.05, 0.1) is 5.69 Å². The Morgan fingerprint density at radius 2 is 1.88 bits per heavy atom. The molecule has 6 nitrogen and oxygen atoms in total. The predicted molar refractivity (Wildman–Crippen MR) is 95.2 cm³/mol. The molecule has 0 aliphatic carbocycles. The van der Waals surface area contributed by atoms with Gasteiger partial charge in [-0.3, -0.25) is 4.79 Å². The molecule has 1 aliphatic rings. The Kier molecular flexibility index (Phi) is 5.87. The van der Waals surface area contributed by atoms with Crippen molar-refractivity contribution in [3.8, 4) is 0 Å². The summed E-state index contributed by atoms with van der Waals surface area (Å²) in [7, 11) is 0. The summed E-state index contributed by atoms with van der Waals surface area (Å²) in [6.45, 7) is 8.09. The average molecular weight is 351 g/mol. The molecule has 2 rings (SSSR count). The Labute approximate surface area is 147 Å². The predicted octanol–water partition coefficient (Wildman–Crippen LogP) is 3.60. The lowest BCUT2D eigenvalue weighted by molar-refractivity contribution is -0.114. The number of likely N-dealkylation sites (tertiary alicyclic amines) is 1. The third kappa shape index (κ3) is 5.92. The minimum atomic E-state index is -0.500. The van der Waals surface area contributed by atoms with Crippen molar-refractivity contribution >= 4 is 23.4 Å². The van der Waals surface area contributed by atoms with Gasteiger partial charge in [0.15, 0.2) is 0 Å². The zero-order valence-corrected chi connectivity index (χ0v) is 15.2. The molecule has 0 unspecified atom stereocenters. The van der Waals surface area contributed by atoms with E-state index in [-0.39, 0.29) is 23.7 Å². The lowest BCUT2D eigenvalue weighted by Gasteiger charge is -2.34. The molecule has 1 fully saturated rings. The highest BCUT2D eigenvalue weighted by molar-refractivity contribution is 5.89. The molecule has 0 spiro atoms. The van der Waals surface area contributed by atoms with Crippen LogP contribution in [0.2, 0.25) is 0 Å². The maximum absolute atomic E-state index is 13.7. The second kappa shape index (κ2) is 7.72. The number of piperidine rings is 1. The SMILES string of the molecule is CC(=O)Nc1cc(NC2CCN(C(=O)OC(C)(C)C)CC2)ccc1F. The lowest BCUT2D eigenvalue weighted by Crippen LogP contribution is -2.44. The van der Waals surface area contributed by atoms with E-state index in [1.807, 2.05) is 20.8 Å². The zero-order valence-electron chi connectivity index (χ0n) is 15.2. The van der Waals surface area contributed by atoms with Crippen LogP contribution in [0.1, 0.15) is 40.5 Å². The van der Waals surface area contributed by atoms with Crippen molar-refractivity contribution in [3.05, 3.63) is 24.0 Å². The molecule has 0 bridgehead atoms. The third-order valence-electron chi connectivity index (χ3n) is 3.79. The summed E-state index contributed by atoms with van der Waals surface area (Å²) in [5.74, 6) is -0.790. The van der Waals surface area contributed by atoms with Gasteiger partial charge < -0.3 is 20.3 Å². The Hall–Kier alpha value is -2.31. The molecule has 0 atom stereocenters. The van der Waals surface area contributed by atoms with E-state index in [0.29, 0.717) is 13.1 Å². The fourth-order valence-corrected chi connectivity index (χ4v) is 2.67. The summed E-state index contributed by atoms with van der Waals surface area (Å²) in [6, 6.07) is 4.72. The number of hydrogen-bond donors (Lipinski definition) is 2. The van der Waals surface area contributed by atoms with E-state index in [1.165, 1.54) is 13.0 Å². The van der Waals surface area contributed by atoms with Crippen molar-refractivity contribution in [2.75, 3.05) is 23.7 Å². The van der Waals surface area contributed by atoms with Crippen LogP contribution in [0.5, 0.6) is 0 Å². The molecule has 1 saturated heterocycles. The fourth-order valence-electron chi connectivity index (χ4n) is 2.67. The molecule has 1 aliphatic heterocycles. The molecule has 1 aromatic carbocycles. The molecule has 7 heteroatoms. The molecule has 0 saturated carbocycles. The number of carbonyl (C=O) groups excluding carboxylic acids is 2. The number of nitrogens with one attached hydrogen (secondary N) is 2. The minimum Gasteiger partial charge on any atom is -0.444 e. The molecule has 25 heavy (non-hydrogen) atoms. The van der Waals surface area contributed by atoms with Gasteiger partial charge in [0.2, 0.25) is 5.91 Å². The molecule has 2 N–H and O–H groups in total. The van der Waals surface area contributed by atoms with Gasteiger partial charge in [0.1, 0.15) is 11.4 Å². The number of benzene rings is 1. The van der Waals surface area contributed by atoms with Crippen LogP contribution in [0.25, 0.3) is 0 Å². The van der Waals surface area contributed by atoms with Crippen LogP contribution in [0.15, 0.2) is 18.2 Å². The van der Waals surface area contributed by atoms with Crippen LogP contribution in [0, 0.1) is 5.82 Å². The molecular formula is C18H26FN3O3. The van der Waals surface area contributed by atoms with Crippen LogP contribution in [-0.2, 0) is 9.53 Å². The largest absolute Gasteiger partial charge is 0.444 e. The highest BCUT2D eigenvalue weighted by atomic mass is 19.1. The summed E-state index contributed by atoms with van der Waals surface area (Å²) >= 11 is 0. The van der Waals surface area contributed by atoms with Gasteiger partial charge >= 0.3 is 6.09 Å². The Balaban J connectivity index is 1.90. The number of ether oxygens (including phenoxy) is 1. The first-order chi connectivity index (χ1) is 11.6. The monoisotopic (exact) mass is 351 g/mol. The smallest absolute Gasteiger partial charge is 0.410 e. The Bertz CT molecular complexity index is 635. The Morgan fingerprint density at radius 1 is 1.24 bits per heavy atom. The fraction of sp³-hybridized carbons (Fsp3) is 0.556. The van der Waals surface area contributed by atoms with Gasteiger partial charge in [-0.15, -0.1) is 0 Å². The second-order valence-electron chi connectivity index (χ2n) is 7.26. The highest BCUT2D eigenvalue weighted by Gasteiger charge is 2.26. The number of nitrogens with zero attached hydrogens (tertiary/aromatic N) is 1. The van der Waals surface area contributed by atoms with Crippen molar-refractivity contribution < 1.29 is 18.7 Å². The van der Waals surface area contributed by atoms with Crippen LogP contribution >= 0.6 is 0 Å². The first kappa shape index (κ1) is 19.0. The molecule has 2 amide bonds. The van der Waals surface area contributed by atoms with Crippen molar-refractivity contribution in [1.82, 2.24) is 4.90 Å². The summed E-state index contributed by atoms with van der Waals surface area (Å²) in [4.78, 5) is 24.9. The minimum absolute atomic E-state index is 0.156. The van der Waals surface area contributed by atoms with E-state index in [2.05, 4.69) is 10.6 Å². The number of halogens is 1. The zero-order chi connectivity index (χ0) is 18.6. The summed E-state index contributed by atoms with van der Waals surface area (Å²) < 4.78 is 19.1. The van der Waals surface area contributed by atoms with Crippen molar-refractivity contribution in [1.29, 1.82) is 0 Å². The van der Waals surface area contributed by atoms with Gasteiger partial charge in [-0.1, -0.05) is 0 Å². The van der Waals surface area contributed by atoms with Crippen LogP contribution < -0.4 is 10.6 Å². The quantitative estimate of drug-likeness (QED) is 0.873. The summed E-state index contributed by atoms with van der Waals surface area (Å²) in [5.41, 5.74) is 0.394. The molecule has 1 aromatic rings. The topological polar surface area (TPSA) is 70.7 Å². The molecule has 0 radical (unpaired) electrons. The number of amides is 2. The van der Waals surface area contributed by atoms with Crippen molar-refractivity contribution in [3.63, 3.8) is 0 Å². The van der Waals surface area contributed by atoms with Gasteiger partial charge in [-0.25, -0.2) is 9.18 Å². The van der Waals surface area contributed by atoms with Crippen molar-refractivity contribution in [2.24, 2.45) is 0 Å². The molecule has 1 heterocycles. The second-order valence-corrected chi connectivity index (χ2v) is 7.26. The van der Waals surface area contributed by atoms with Gasteiger partial charge in [-0.05, 0) is 51.8 Å².